The summed E-state index contributed by atoms with van der Waals surface area (Å²) in [7, 11) is -2.43. The van der Waals surface area contributed by atoms with Gasteiger partial charge in [-0.25, -0.2) is 0 Å². The summed E-state index contributed by atoms with van der Waals surface area (Å²) in [6, 6.07) is 14.4. The van der Waals surface area contributed by atoms with E-state index in [1.54, 1.807) is 12.1 Å². The first kappa shape index (κ1) is 20.5. The summed E-state index contributed by atoms with van der Waals surface area (Å²) in [4.78, 5) is 0. The lowest BCUT2D eigenvalue weighted by Crippen LogP contribution is -2.24. The molecule has 0 amide bonds. The molecule has 8 heteroatoms. The van der Waals surface area contributed by atoms with Crippen molar-refractivity contribution in [1.29, 1.82) is 0 Å². The molecule has 0 aliphatic rings. The van der Waals surface area contributed by atoms with Crippen molar-refractivity contribution in [3.05, 3.63) is 71.8 Å². The maximum Gasteiger partial charge on any atom is 0.390 e. The molecule has 2 aromatic carbocycles. The van der Waals surface area contributed by atoms with Gasteiger partial charge >= 0.3 is 12.4 Å². The molecule has 0 heterocycles. The predicted molar refractivity (Wildman–Crippen MR) is 87.9 cm³/mol. The van der Waals surface area contributed by atoms with E-state index < -0.39 is 46.5 Å². The molecule has 2 unspecified atom stereocenters. The van der Waals surface area contributed by atoms with Crippen molar-refractivity contribution in [3.8, 4) is 0 Å². The molecule has 0 spiro atoms. The van der Waals surface area contributed by atoms with Gasteiger partial charge in [0, 0.05) is 10.8 Å². The Hall–Kier alpha value is -1.83. The van der Waals surface area contributed by atoms with Gasteiger partial charge in [0.25, 0.3) is 0 Å². The minimum absolute atomic E-state index is 0.103. The van der Waals surface area contributed by atoms with E-state index in [1.807, 2.05) is 0 Å². The quantitative estimate of drug-likeness (QED) is 0.539. The van der Waals surface area contributed by atoms with Crippen LogP contribution in [-0.4, -0.2) is 16.6 Å². The molecule has 0 saturated heterocycles. The Labute approximate surface area is 149 Å². The van der Waals surface area contributed by atoms with Crippen LogP contribution >= 0.6 is 0 Å². The monoisotopic (exact) mass is 394 g/mol. The number of hydrogen-bond acceptors (Lipinski definition) is 1. The molecule has 0 N–H and O–H groups in total. The van der Waals surface area contributed by atoms with E-state index >= 15 is 0 Å². The lowest BCUT2D eigenvalue weighted by Gasteiger charge is -2.26. The fourth-order valence-electron chi connectivity index (χ4n) is 2.62. The van der Waals surface area contributed by atoms with Crippen molar-refractivity contribution in [2.75, 3.05) is 0 Å². The number of benzene rings is 2. The van der Waals surface area contributed by atoms with Gasteiger partial charge in [0.2, 0.25) is 0 Å². The highest BCUT2D eigenvalue weighted by Gasteiger charge is 2.42. The third-order valence-electron chi connectivity index (χ3n) is 3.74. The Kier molecular flexibility index (Phi) is 6.49. The minimum Gasteiger partial charge on any atom is -0.258 e. The lowest BCUT2D eigenvalue weighted by molar-refractivity contribution is -0.135. The molecule has 26 heavy (non-hydrogen) atoms. The van der Waals surface area contributed by atoms with Crippen LogP contribution in [0.15, 0.2) is 60.7 Å². The Bertz CT molecular complexity index is 650. The molecule has 0 aliphatic carbocycles. The maximum absolute atomic E-state index is 13.0. The normalized spacial score (nSPS) is 16.1. The fraction of sp³-hybridized carbons (Fsp3) is 0.333. The van der Waals surface area contributed by atoms with Gasteiger partial charge in [0.05, 0.1) is 23.3 Å². The van der Waals surface area contributed by atoms with E-state index in [0.29, 0.717) is 0 Å². The van der Waals surface area contributed by atoms with E-state index in [-0.39, 0.29) is 11.1 Å². The first-order valence-electron chi connectivity index (χ1n) is 7.69. The van der Waals surface area contributed by atoms with Crippen molar-refractivity contribution < 1.29 is 30.6 Å². The first-order valence-corrected chi connectivity index (χ1v) is 8.97. The van der Waals surface area contributed by atoms with Crippen LogP contribution in [-0.2, 0) is 10.8 Å². The smallest absolute Gasteiger partial charge is 0.258 e. The summed E-state index contributed by atoms with van der Waals surface area (Å²) in [5, 5.41) is -3.16. The van der Waals surface area contributed by atoms with Gasteiger partial charge in [-0.1, -0.05) is 60.7 Å². The zero-order chi connectivity index (χ0) is 19.4. The molecule has 0 fully saturated rings. The molecular weight excluding hydrogens is 378 g/mol. The molecule has 1 nitrogen and oxygen atoms in total. The van der Waals surface area contributed by atoms with Crippen LogP contribution in [0.25, 0.3) is 0 Å². The zero-order valence-corrected chi connectivity index (χ0v) is 14.2. The Morgan fingerprint density at radius 3 is 1.23 bits per heavy atom. The summed E-state index contributed by atoms with van der Waals surface area (Å²) in [6.45, 7) is 0. The molecule has 2 atom stereocenters. The third-order valence-corrected chi connectivity index (χ3v) is 5.74. The molecule has 0 radical (unpaired) electrons. The number of rotatable bonds is 6. The molecule has 0 aromatic heterocycles. The van der Waals surface area contributed by atoms with Crippen LogP contribution in [0.5, 0.6) is 0 Å². The van der Waals surface area contributed by atoms with Crippen molar-refractivity contribution in [1.82, 2.24) is 0 Å². The summed E-state index contributed by atoms with van der Waals surface area (Å²) >= 11 is 0. The van der Waals surface area contributed by atoms with Crippen molar-refractivity contribution in [2.45, 2.75) is 35.7 Å². The van der Waals surface area contributed by atoms with E-state index in [9.17, 15) is 30.6 Å². The van der Waals surface area contributed by atoms with E-state index in [2.05, 4.69) is 0 Å². The standard InChI is InChI=1S/C18H16F6OS/c19-17(20,21)11-15(13-7-3-1-4-8-13)26(25)16(12-18(22,23)24)14-9-5-2-6-10-14/h1-10,15-16H,11-12H2. The summed E-state index contributed by atoms with van der Waals surface area (Å²) in [5.74, 6) is 0. The Morgan fingerprint density at radius 1 is 0.654 bits per heavy atom. The molecule has 2 aromatic rings. The molecule has 0 saturated carbocycles. The second kappa shape index (κ2) is 8.24. The van der Waals surface area contributed by atoms with Gasteiger partial charge in [-0.2, -0.15) is 26.3 Å². The van der Waals surface area contributed by atoms with Gasteiger partial charge in [-0.15, -0.1) is 0 Å². The SMILES string of the molecule is O=S(C(CC(F)(F)F)c1ccccc1)C(CC(F)(F)F)c1ccccc1. The molecule has 142 valence electrons. The first-order chi connectivity index (χ1) is 12.1. The third kappa shape index (κ3) is 6.16. The van der Waals surface area contributed by atoms with Crippen LogP contribution < -0.4 is 0 Å². The molecular formula is C18H16F6OS. The van der Waals surface area contributed by atoms with Gasteiger partial charge in [0.15, 0.2) is 0 Å². The highest BCUT2D eigenvalue weighted by atomic mass is 32.2. The second-order valence-electron chi connectivity index (χ2n) is 5.77. The van der Waals surface area contributed by atoms with E-state index in [0.717, 1.165) is 0 Å². The summed E-state index contributed by atoms with van der Waals surface area (Å²) in [5.41, 5.74) is 0.206. The van der Waals surface area contributed by atoms with Crippen LogP contribution in [0.2, 0.25) is 0 Å². The molecule has 0 bridgehead atoms. The maximum atomic E-state index is 13.0. The molecule has 2 rings (SSSR count). The lowest BCUT2D eigenvalue weighted by atomic mass is 10.1. The second-order valence-corrected chi connectivity index (χ2v) is 7.56. The average Bonchev–Trinajstić information content (AvgIpc) is 2.57. The van der Waals surface area contributed by atoms with Gasteiger partial charge in [-0.3, -0.25) is 4.21 Å². The Balaban J connectivity index is 2.44. The van der Waals surface area contributed by atoms with Crippen LogP contribution in [0.1, 0.15) is 34.5 Å². The van der Waals surface area contributed by atoms with Crippen molar-refractivity contribution in [3.63, 3.8) is 0 Å². The largest absolute Gasteiger partial charge is 0.390 e. The van der Waals surface area contributed by atoms with Gasteiger partial charge in [0.1, 0.15) is 0 Å². The number of halogens is 6. The van der Waals surface area contributed by atoms with Crippen LogP contribution in [0, 0.1) is 0 Å². The fourth-order valence-corrected chi connectivity index (χ4v) is 4.58. The van der Waals surface area contributed by atoms with E-state index in [4.69, 9.17) is 0 Å². The van der Waals surface area contributed by atoms with Crippen molar-refractivity contribution in [2.24, 2.45) is 0 Å². The van der Waals surface area contributed by atoms with E-state index in [1.165, 1.54) is 48.5 Å². The van der Waals surface area contributed by atoms with Crippen LogP contribution in [0.4, 0.5) is 26.3 Å². The van der Waals surface area contributed by atoms with Gasteiger partial charge < -0.3 is 0 Å². The topological polar surface area (TPSA) is 17.1 Å². The minimum atomic E-state index is -4.66. The summed E-state index contributed by atoms with van der Waals surface area (Å²) < 4.78 is 90.9. The number of alkyl halides is 6. The number of hydrogen-bond donors (Lipinski definition) is 0. The average molecular weight is 394 g/mol. The highest BCUT2D eigenvalue weighted by molar-refractivity contribution is 7.85. The molecule has 0 aliphatic heterocycles. The predicted octanol–water partition coefficient (Wildman–Crippen LogP) is 6.12. The highest BCUT2D eigenvalue weighted by Crippen LogP contribution is 2.42. The van der Waals surface area contributed by atoms with Crippen LogP contribution in [0.3, 0.4) is 0 Å². The summed E-state index contributed by atoms with van der Waals surface area (Å²) in [6.07, 6.45) is -12.2. The van der Waals surface area contributed by atoms with Crippen molar-refractivity contribution >= 4 is 10.8 Å². The van der Waals surface area contributed by atoms with Gasteiger partial charge in [-0.05, 0) is 11.1 Å². The Morgan fingerprint density at radius 2 is 0.962 bits per heavy atom. The zero-order valence-electron chi connectivity index (χ0n) is 13.4.